The lowest BCUT2D eigenvalue weighted by molar-refractivity contribution is 0.111. The second kappa shape index (κ2) is 12.9. The van der Waals surface area contributed by atoms with E-state index in [0.29, 0.717) is 28.1 Å². The fourth-order valence-electron chi connectivity index (χ4n) is 5.13. The molecule has 41 heavy (non-hydrogen) atoms. The van der Waals surface area contributed by atoms with Crippen LogP contribution in [0.5, 0.6) is 0 Å². The molecular weight excluding hydrogens is 566 g/mol. The number of aldehydes is 1. The number of rotatable bonds is 10. The van der Waals surface area contributed by atoms with E-state index in [1.807, 2.05) is 16.8 Å². The normalized spacial score (nSPS) is 15.7. The van der Waals surface area contributed by atoms with Gasteiger partial charge < -0.3 is 5.11 Å². The van der Waals surface area contributed by atoms with Crippen molar-refractivity contribution in [1.82, 2.24) is 14.8 Å². The first-order chi connectivity index (χ1) is 19.9. The summed E-state index contributed by atoms with van der Waals surface area (Å²) in [5, 5.41) is 20.3. The van der Waals surface area contributed by atoms with Crippen LogP contribution < -0.4 is 5.14 Å². The maximum atomic E-state index is 15.0. The van der Waals surface area contributed by atoms with E-state index in [1.54, 1.807) is 17.5 Å². The van der Waals surface area contributed by atoms with Crippen LogP contribution in [0.3, 0.4) is 0 Å². The molecule has 2 heterocycles. The smallest absolute Gasteiger partial charge is 0.278 e. The van der Waals surface area contributed by atoms with Gasteiger partial charge in [0.25, 0.3) is 11.4 Å². The van der Waals surface area contributed by atoms with Gasteiger partial charge in [0.15, 0.2) is 12.1 Å². The number of halogens is 2. The van der Waals surface area contributed by atoms with Gasteiger partial charge in [0.1, 0.15) is 11.5 Å². The zero-order valence-electron chi connectivity index (χ0n) is 23.0. The molecule has 0 spiro atoms. The van der Waals surface area contributed by atoms with E-state index in [1.165, 1.54) is 30.6 Å². The topological polar surface area (TPSA) is 103 Å². The molecular formula is C30H33F2N4O3S2+. The summed E-state index contributed by atoms with van der Waals surface area (Å²) in [5.74, 6) is 0.160. The van der Waals surface area contributed by atoms with Crippen molar-refractivity contribution < 1.29 is 22.9 Å². The number of aliphatic hydroxyl groups is 1. The van der Waals surface area contributed by atoms with Crippen LogP contribution in [0.4, 0.5) is 8.78 Å². The lowest BCUT2D eigenvalue weighted by Crippen LogP contribution is -2.17. The largest absolute Gasteiger partial charge is 0.400 e. The summed E-state index contributed by atoms with van der Waals surface area (Å²) in [6.45, 7) is 0. The first kappa shape index (κ1) is 29.5. The number of nitrogens with zero attached hydrogens (tertiary/aromatic N) is 3. The fraction of sp³-hybridized carbons (Fsp3) is 0.367. The molecule has 0 radical (unpaired) electrons. The Bertz CT molecular complexity index is 1530. The molecule has 2 aliphatic carbocycles. The molecule has 2 fully saturated rings. The molecule has 0 amide bonds. The van der Waals surface area contributed by atoms with Crippen molar-refractivity contribution in [3.8, 4) is 16.4 Å². The fourth-order valence-corrected chi connectivity index (χ4v) is 6.50. The highest BCUT2D eigenvalue weighted by molar-refractivity contribution is 7.90. The first-order valence-electron chi connectivity index (χ1n) is 13.5. The van der Waals surface area contributed by atoms with Crippen LogP contribution in [0.1, 0.15) is 70.9 Å². The molecule has 7 nitrogen and oxygen atoms in total. The SMILES string of the molecule is CO.CO[S+](N)c1ccc(Cc2c(-c3ccc(F)c(C4CCC4)c3)nn(-c3nc(C=O)cs3)c2CC2CC2)cc1F. The Morgan fingerprint density at radius 1 is 1.15 bits per heavy atom. The lowest BCUT2D eigenvalue weighted by Gasteiger charge is -2.26. The summed E-state index contributed by atoms with van der Waals surface area (Å²) in [6, 6.07) is 10.3. The Kier molecular flexibility index (Phi) is 9.30. The van der Waals surface area contributed by atoms with Gasteiger partial charge in [-0.1, -0.05) is 12.5 Å². The Balaban J connectivity index is 0.00000165. The van der Waals surface area contributed by atoms with Gasteiger partial charge in [-0.15, -0.1) is 16.5 Å². The minimum absolute atomic E-state index is 0.189. The van der Waals surface area contributed by atoms with Crippen LogP contribution in [-0.2, 0) is 28.4 Å². The molecule has 2 aromatic carbocycles. The molecule has 2 saturated carbocycles. The standard InChI is InChI=1S/C29H29F2N4O2S2.CH4O/c1-37-39(32)27-10-7-18(12-25(27)31)11-23-26(13-17-5-6-17)35(29-33-21(15-36)16-38-29)34-28(23)20-8-9-24(30)22(14-20)19-3-2-4-19;1-2/h7-10,12,14-17,19H,2-6,11,13,32H2,1H3;2H,1H3/q+1;. The van der Waals surface area contributed by atoms with Crippen molar-refractivity contribution in [2.24, 2.45) is 11.1 Å². The van der Waals surface area contributed by atoms with Gasteiger partial charge in [0, 0.05) is 36.1 Å². The molecule has 2 aromatic heterocycles. The van der Waals surface area contributed by atoms with E-state index in [4.69, 9.17) is 19.5 Å². The molecule has 0 saturated heterocycles. The lowest BCUT2D eigenvalue weighted by atomic mass is 9.79. The summed E-state index contributed by atoms with van der Waals surface area (Å²) in [7, 11) is 2.45. The zero-order chi connectivity index (χ0) is 29.1. The van der Waals surface area contributed by atoms with Crippen LogP contribution >= 0.6 is 11.3 Å². The highest BCUT2D eigenvalue weighted by atomic mass is 32.2. The van der Waals surface area contributed by atoms with Crippen molar-refractivity contribution >= 4 is 29.0 Å². The van der Waals surface area contributed by atoms with Crippen LogP contribution in [0.15, 0.2) is 46.7 Å². The van der Waals surface area contributed by atoms with E-state index in [-0.39, 0.29) is 11.7 Å². The number of hydrogen-bond donors (Lipinski definition) is 2. The number of benzene rings is 2. The summed E-state index contributed by atoms with van der Waals surface area (Å²) in [5.41, 5.74) is 5.37. The molecule has 4 aromatic rings. The van der Waals surface area contributed by atoms with Crippen molar-refractivity contribution in [1.29, 1.82) is 0 Å². The molecule has 216 valence electrons. The number of nitrogens with two attached hydrogens (primary N) is 1. The van der Waals surface area contributed by atoms with E-state index in [2.05, 4.69) is 4.98 Å². The van der Waals surface area contributed by atoms with Crippen molar-refractivity contribution in [3.63, 3.8) is 0 Å². The van der Waals surface area contributed by atoms with Crippen molar-refractivity contribution in [3.05, 3.63) is 81.5 Å². The van der Waals surface area contributed by atoms with Crippen molar-refractivity contribution in [2.75, 3.05) is 14.2 Å². The van der Waals surface area contributed by atoms with Crippen LogP contribution in [-0.4, -0.2) is 40.4 Å². The molecule has 0 bridgehead atoms. The van der Waals surface area contributed by atoms with Gasteiger partial charge >= 0.3 is 0 Å². The van der Waals surface area contributed by atoms with E-state index >= 15 is 4.39 Å². The van der Waals surface area contributed by atoms with Crippen LogP contribution in [0.2, 0.25) is 0 Å². The third kappa shape index (κ3) is 6.29. The summed E-state index contributed by atoms with van der Waals surface area (Å²) in [4.78, 5) is 16.2. The summed E-state index contributed by atoms with van der Waals surface area (Å²) >= 11 is 0.225. The molecule has 3 N–H and O–H groups in total. The number of carbonyl (C=O) groups is 1. The number of aromatic nitrogens is 3. The maximum absolute atomic E-state index is 15.0. The van der Waals surface area contributed by atoms with Crippen LogP contribution in [0, 0.1) is 17.6 Å². The maximum Gasteiger partial charge on any atom is 0.278 e. The quantitative estimate of drug-likeness (QED) is 0.173. The average molecular weight is 600 g/mol. The van der Waals surface area contributed by atoms with E-state index in [9.17, 15) is 9.18 Å². The first-order valence-corrected chi connectivity index (χ1v) is 15.6. The van der Waals surface area contributed by atoms with E-state index in [0.717, 1.165) is 85.6 Å². The van der Waals surface area contributed by atoms with Gasteiger partial charge in [0.2, 0.25) is 10.0 Å². The monoisotopic (exact) mass is 599 g/mol. The molecule has 1 unspecified atom stereocenters. The van der Waals surface area contributed by atoms with Crippen molar-refractivity contribution in [2.45, 2.75) is 55.8 Å². The minimum atomic E-state index is -1.13. The third-order valence-corrected chi connectivity index (χ3v) is 9.63. The Labute approximate surface area is 245 Å². The summed E-state index contributed by atoms with van der Waals surface area (Å²) in [6.07, 6.45) is 7.31. The van der Waals surface area contributed by atoms with E-state index < -0.39 is 17.2 Å². The number of carbonyl (C=O) groups excluding carboxylic acids is 1. The van der Waals surface area contributed by atoms with Gasteiger partial charge in [-0.25, -0.2) is 18.4 Å². The number of hydrogen-bond acceptors (Lipinski definition) is 7. The highest BCUT2D eigenvalue weighted by Gasteiger charge is 2.31. The van der Waals surface area contributed by atoms with Gasteiger partial charge in [0.05, 0.1) is 18.5 Å². The number of thiazole rings is 1. The Morgan fingerprint density at radius 2 is 1.93 bits per heavy atom. The zero-order valence-corrected chi connectivity index (χ0v) is 24.6. The molecule has 11 heteroatoms. The summed E-state index contributed by atoms with van der Waals surface area (Å²) < 4.78 is 36.8. The highest BCUT2D eigenvalue weighted by Crippen LogP contribution is 2.41. The van der Waals surface area contributed by atoms with Gasteiger partial charge in [-0.3, -0.25) is 4.79 Å². The molecule has 6 rings (SSSR count). The second-order valence-electron chi connectivity index (χ2n) is 10.3. The van der Waals surface area contributed by atoms with Gasteiger partial charge in [-0.05, 0) is 79.3 Å². The average Bonchev–Trinajstić information content (AvgIpc) is 3.54. The minimum Gasteiger partial charge on any atom is -0.400 e. The van der Waals surface area contributed by atoms with Gasteiger partial charge in [-0.2, -0.15) is 9.28 Å². The molecule has 1 atom stereocenters. The van der Waals surface area contributed by atoms with Crippen LogP contribution in [0.25, 0.3) is 16.4 Å². The predicted octanol–water partition coefficient (Wildman–Crippen LogP) is 5.92. The second-order valence-corrected chi connectivity index (χ2v) is 12.5. The predicted molar refractivity (Wildman–Crippen MR) is 157 cm³/mol. The Morgan fingerprint density at radius 3 is 2.54 bits per heavy atom. The Hall–Kier alpha value is -2.96. The molecule has 0 aliphatic heterocycles. The molecule has 2 aliphatic rings. The number of aliphatic hydroxyl groups excluding tert-OH is 1. The third-order valence-electron chi connectivity index (χ3n) is 7.67.